The Morgan fingerprint density at radius 2 is 2.06 bits per heavy atom. The van der Waals surface area contributed by atoms with Gasteiger partial charge in [-0.1, -0.05) is 50.6 Å². The number of hydrogen-bond donors (Lipinski definition) is 0. The Labute approximate surface area is 96.9 Å². The first kappa shape index (κ1) is 12.5. The minimum atomic E-state index is -0.274. The summed E-state index contributed by atoms with van der Waals surface area (Å²) in [4.78, 5) is 11.3. The lowest BCUT2D eigenvalue weighted by atomic mass is 10.1. The highest BCUT2D eigenvalue weighted by molar-refractivity contribution is 5.86. The first-order chi connectivity index (χ1) is 7.72. The van der Waals surface area contributed by atoms with E-state index in [4.69, 9.17) is 4.74 Å². The van der Waals surface area contributed by atoms with E-state index in [9.17, 15) is 4.79 Å². The lowest BCUT2D eigenvalue weighted by Gasteiger charge is -2.07. The summed E-state index contributed by atoms with van der Waals surface area (Å²) in [5, 5.41) is 0. The molecule has 86 valence electrons. The molecule has 1 rings (SSSR count). The van der Waals surface area contributed by atoms with Crippen molar-refractivity contribution in [1.82, 2.24) is 0 Å². The van der Waals surface area contributed by atoms with Crippen LogP contribution in [0.5, 0.6) is 0 Å². The van der Waals surface area contributed by atoms with Gasteiger partial charge in [0.2, 0.25) is 0 Å². The predicted octanol–water partition coefficient (Wildman–Crippen LogP) is 3.29. The normalized spacial score (nSPS) is 12.6. The predicted molar refractivity (Wildman–Crippen MR) is 65.9 cm³/mol. The molecule has 0 N–H and O–H groups in total. The highest BCUT2D eigenvalue weighted by atomic mass is 16.5. The molecule has 0 fully saturated rings. The maximum absolute atomic E-state index is 11.3. The molecule has 0 saturated heterocycles. The zero-order valence-corrected chi connectivity index (χ0v) is 9.85. The Balaban J connectivity index is 2.37. The van der Waals surface area contributed by atoms with Gasteiger partial charge in [0, 0.05) is 6.08 Å². The summed E-state index contributed by atoms with van der Waals surface area (Å²) >= 11 is 0. The summed E-state index contributed by atoms with van der Waals surface area (Å²) in [6.45, 7) is 4.64. The highest BCUT2D eigenvalue weighted by Gasteiger charge is 2.01. The lowest BCUT2D eigenvalue weighted by Crippen LogP contribution is -2.08. The van der Waals surface area contributed by atoms with Crippen LogP contribution < -0.4 is 0 Å². The maximum atomic E-state index is 11.3. The molecule has 1 aromatic carbocycles. The number of carbonyl (C=O) groups is 1. The SMILES string of the molecule is CCC(C)COC(=O)C=Cc1ccccc1. The molecule has 0 aromatic heterocycles. The van der Waals surface area contributed by atoms with Gasteiger partial charge in [-0.3, -0.25) is 0 Å². The second-order valence-corrected chi connectivity index (χ2v) is 3.89. The number of hydrogen-bond acceptors (Lipinski definition) is 2. The van der Waals surface area contributed by atoms with E-state index in [1.807, 2.05) is 30.3 Å². The van der Waals surface area contributed by atoms with E-state index in [0.717, 1.165) is 12.0 Å². The van der Waals surface area contributed by atoms with Gasteiger partial charge in [-0.15, -0.1) is 0 Å². The van der Waals surface area contributed by atoms with Crippen LogP contribution in [0.25, 0.3) is 6.08 Å². The van der Waals surface area contributed by atoms with Gasteiger partial charge in [0.25, 0.3) is 0 Å². The van der Waals surface area contributed by atoms with Crippen LogP contribution in [-0.2, 0) is 9.53 Å². The topological polar surface area (TPSA) is 26.3 Å². The van der Waals surface area contributed by atoms with Crippen molar-refractivity contribution in [1.29, 1.82) is 0 Å². The van der Waals surface area contributed by atoms with Crippen molar-refractivity contribution in [2.45, 2.75) is 20.3 Å². The van der Waals surface area contributed by atoms with Gasteiger partial charge in [0.05, 0.1) is 6.61 Å². The fourth-order valence-corrected chi connectivity index (χ4v) is 1.12. The average molecular weight is 218 g/mol. The molecule has 0 aliphatic carbocycles. The van der Waals surface area contributed by atoms with Crippen molar-refractivity contribution in [2.75, 3.05) is 6.61 Å². The Morgan fingerprint density at radius 3 is 2.69 bits per heavy atom. The Bertz CT molecular complexity index is 341. The van der Waals surface area contributed by atoms with Gasteiger partial charge in [-0.25, -0.2) is 4.79 Å². The number of esters is 1. The van der Waals surface area contributed by atoms with Gasteiger partial charge in [0.1, 0.15) is 0 Å². The van der Waals surface area contributed by atoms with Gasteiger partial charge in [-0.2, -0.15) is 0 Å². The lowest BCUT2D eigenvalue weighted by molar-refractivity contribution is -0.138. The third kappa shape index (κ3) is 4.78. The van der Waals surface area contributed by atoms with Gasteiger partial charge in [0.15, 0.2) is 0 Å². The van der Waals surface area contributed by atoms with Gasteiger partial charge >= 0.3 is 5.97 Å². The molecular weight excluding hydrogens is 200 g/mol. The highest BCUT2D eigenvalue weighted by Crippen LogP contribution is 2.03. The van der Waals surface area contributed by atoms with E-state index in [1.165, 1.54) is 6.08 Å². The summed E-state index contributed by atoms with van der Waals surface area (Å²) in [6, 6.07) is 9.70. The summed E-state index contributed by atoms with van der Waals surface area (Å²) in [7, 11) is 0. The second-order valence-electron chi connectivity index (χ2n) is 3.89. The molecule has 0 heterocycles. The quantitative estimate of drug-likeness (QED) is 0.560. The van der Waals surface area contributed by atoms with E-state index >= 15 is 0 Å². The number of ether oxygens (including phenoxy) is 1. The first-order valence-corrected chi connectivity index (χ1v) is 5.62. The molecule has 0 saturated carbocycles. The molecular formula is C14H18O2. The van der Waals surface area contributed by atoms with Gasteiger partial charge < -0.3 is 4.74 Å². The largest absolute Gasteiger partial charge is 0.462 e. The third-order valence-corrected chi connectivity index (χ3v) is 2.42. The van der Waals surface area contributed by atoms with E-state index in [2.05, 4.69) is 13.8 Å². The fourth-order valence-electron chi connectivity index (χ4n) is 1.12. The standard InChI is InChI=1S/C14H18O2/c1-3-12(2)11-16-14(15)10-9-13-7-5-4-6-8-13/h4-10,12H,3,11H2,1-2H3. The molecule has 2 heteroatoms. The average Bonchev–Trinajstić information content (AvgIpc) is 2.34. The van der Waals surface area contributed by atoms with E-state index < -0.39 is 0 Å². The number of carbonyl (C=O) groups excluding carboxylic acids is 1. The van der Waals surface area contributed by atoms with E-state index in [-0.39, 0.29) is 5.97 Å². The van der Waals surface area contributed by atoms with Crippen LogP contribution in [-0.4, -0.2) is 12.6 Å². The smallest absolute Gasteiger partial charge is 0.330 e. The molecule has 0 spiro atoms. The molecule has 0 amide bonds. The molecule has 0 aliphatic rings. The van der Waals surface area contributed by atoms with Crippen LogP contribution >= 0.6 is 0 Å². The van der Waals surface area contributed by atoms with Crippen molar-refractivity contribution >= 4 is 12.0 Å². The van der Waals surface area contributed by atoms with Crippen LogP contribution in [0.2, 0.25) is 0 Å². The molecule has 0 radical (unpaired) electrons. The Hall–Kier alpha value is -1.57. The summed E-state index contributed by atoms with van der Waals surface area (Å²) in [6.07, 6.45) is 4.26. The molecule has 2 nitrogen and oxygen atoms in total. The Morgan fingerprint density at radius 1 is 1.38 bits per heavy atom. The van der Waals surface area contributed by atoms with Crippen molar-refractivity contribution < 1.29 is 9.53 Å². The first-order valence-electron chi connectivity index (χ1n) is 5.62. The summed E-state index contributed by atoms with van der Waals surface area (Å²) in [5.74, 6) is 0.151. The van der Waals surface area contributed by atoms with E-state index in [0.29, 0.717) is 12.5 Å². The van der Waals surface area contributed by atoms with Crippen LogP contribution in [0.3, 0.4) is 0 Å². The van der Waals surface area contributed by atoms with Crippen LogP contribution in [0.4, 0.5) is 0 Å². The van der Waals surface area contributed by atoms with Crippen LogP contribution in [0.1, 0.15) is 25.8 Å². The van der Waals surface area contributed by atoms with Gasteiger partial charge in [-0.05, 0) is 17.6 Å². The second kappa shape index (κ2) is 6.83. The minimum Gasteiger partial charge on any atom is -0.462 e. The minimum absolute atomic E-state index is 0.274. The summed E-state index contributed by atoms with van der Waals surface area (Å²) < 4.78 is 5.09. The zero-order valence-electron chi connectivity index (χ0n) is 9.85. The molecule has 1 unspecified atom stereocenters. The third-order valence-electron chi connectivity index (χ3n) is 2.42. The molecule has 0 aliphatic heterocycles. The number of rotatable bonds is 5. The van der Waals surface area contributed by atoms with Crippen molar-refractivity contribution in [3.63, 3.8) is 0 Å². The molecule has 1 atom stereocenters. The number of benzene rings is 1. The molecule has 16 heavy (non-hydrogen) atoms. The van der Waals surface area contributed by atoms with Crippen LogP contribution in [0.15, 0.2) is 36.4 Å². The van der Waals surface area contributed by atoms with E-state index in [1.54, 1.807) is 6.08 Å². The summed E-state index contributed by atoms with van der Waals surface area (Å²) in [5.41, 5.74) is 1.00. The Kier molecular flexibility index (Phi) is 5.34. The maximum Gasteiger partial charge on any atom is 0.330 e. The molecule has 1 aromatic rings. The van der Waals surface area contributed by atoms with Crippen LogP contribution in [0, 0.1) is 5.92 Å². The zero-order chi connectivity index (χ0) is 11.8. The van der Waals surface area contributed by atoms with Crippen molar-refractivity contribution in [3.8, 4) is 0 Å². The van der Waals surface area contributed by atoms with Crippen molar-refractivity contribution in [2.24, 2.45) is 5.92 Å². The monoisotopic (exact) mass is 218 g/mol. The fraction of sp³-hybridized carbons (Fsp3) is 0.357. The molecule has 0 bridgehead atoms. The van der Waals surface area contributed by atoms with Crippen molar-refractivity contribution in [3.05, 3.63) is 42.0 Å².